The third-order valence-corrected chi connectivity index (χ3v) is 8.59. The fourth-order valence-corrected chi connectivity index (χ4v) is 5.27. The Morgan fingerprint density at radius 2 is 1.74 bits per heavy atom. The quantitative estimate of drug-likeness (QED) is 0.505. The van der Waals surface area contributed by atoms with Crippen LogP contribution in [0.2, 0.25) is 10.0 Å². The van der Waals surface area contributed by atoms with Crippen LogP contribution in [0.1, 0.15) is 30.5 Å². The fourth-order valence-electron chi connectivity index (χ4n) is 4.14. The molecular weight excluding hydrogens is 516 g/mol. The third kappa shape index (κ3) is 6.93. The molecule has 1 aliphatic heterocycles. The minimum Gasteiger partial charge on any atom is -0.394 e. The number of nitrogens with zero attached hydrogens (tertiary/aromatic N) is 2. The van der Waals surface area contributed by atoms with Crippen molar-refractivity contribution < 1.29 is 22.7 Å². The van der Waals surface area contributed by atoms with Gasteiger partial charge in [-0.05, 0) is 55.3 Å². The number of halogens is 3. The van der Waals surface area contributed by atoms with E-state index in [1.54, 1.807) is 25.1 Å². The van der Waals surface area contributed by atoms with Crippen molar-refractivity contribution in [2.45, 2.75) is 24.8 Å². The Morgan fingerprint density at radius 1 is 1.11 bits per heavy atom. The summed E-state index contributed by atoms with van der Waals surface area (Å²) in [5, 5.41) is 13.5. The van der Waals surface area contributed by atoms with Gasteiger partial charge in [-0.3, -0.25) is 4.79 Å². The second kappa shape index (κ2) is 11.5. The molecule has 0 aromatic heterocycles. The smallest absolute Gasteiger partial charge is 0.230 e. The van der Waals surface area contributed by atoms with Crippen molar-refractivity contribution in [3.63, 3.8) is 0 Å². The van der Waals surface area contributed by atoms with E-state index >= 15 is 0 Å². The van der Waals surface area contributed by atoms with E-state index < -0.39 is 27.3 Å². The van der Waals surface area contributed by atoms with Crippen LogP contribution in [0.3, 0.4) is 0 Å². The first-order valence-electron chi connectivity index (χ1n) is 11.2. The highest BCUT2D eigenvalue weighted by atomic mass is 35.5. The minimum atomic E-state index is -3.24. The number of piperazine rings is 1. The van der Waals surface area contributed by atoms with E-state index in [-0.39, 0.29) is 12.5 Å². The summed E-state index contributed by atoms with van der Waals surface area (Å²) in [7, 11) is -3.24. The topological polar surface area (TPSA) is 90.0 Å². The number of amides is 1. The maximum atomic E-state index is 13.6. The number of benzene rings is 2. The molecule has 11 heteroatoms. The first kappa shape index (κ1) is 27.8. The molecule has 2 aromatic carbocycles. The lowest BCUT2D eigenvalue weighted by molar-refractivity contribution is -0.127. The van der Waals surface area contributed by atoms with Crippen molar-refractivity contribution in [3.05, 3.63) is 69.5 Å². The van der Waals surface area contributed by atoms with Gasteiger partial charge in [-0.15, -0.1) is 0 Å². The van der Waals surface area contributed by atoms with Gasteiger partial charge in [0.05, 0.1) is 34.4 Å². The molecule has 1 heterocycles. The van der Waals surface area contributed by atoms with Crippen LogP contribution >= 0.6 is 23.2 Å². The molecule has 0 aliphatic carbocycles. The molecule has 2 aromatic rings. The van der Waals surface area contributed by atoms with E-state index in [1.807, 2.05) is 0 Å². The normalized spacial score (nSPS) is 18.1. The summed E-state index contributed by atoms with van der Waals surface area (Å²) in [4.78, 5) is 15.8. The van der Waals surface area contributed by atoms with E-state index in [0.29, 0.717) is 60.3 Å². The second-order valence-electron chi connectivity index (χ2n) is 8.97. The van der Waals surface area contributed by atoms with Crippen LogP contribution in [0, 0.1) is 5.82 Å². The zero-order chi connectivity index (χ0) is 25.8. The maximum Gasteiger partial charge on any atom is 0.230 e. The second-order valence-corrected chi connectivity index (χ2v) is 11.8. The zero-order valence-electron chi connectivity index (χ0n) is 19.7. The lowest BCUT2D eigenvalue weighted by Gasteiger charge is -2.37. The lowest BCUT2D eigenvalue weighted by Crippen LogP contribution is -2.50. The first-order valence-corrected chi connectivity index (χ1v) is 13.8. The van der Waals surface area contributed by atoms with Gasteiger partial charge in [0.25, 0.3) is 0 Å². The monoisotopic (exact) mass is 545 g/mol. The summed E-state index contributed by atoms with van der Waals surface area (Å²) in [6, 6.07) is 9.93. The molecule has 2 atom stereocenters. The number of carbonyl (C=O) groups excluding carboxylic acids is 1. The number of aliphatic hydroxyl groups is 1. The van der Waals surface area contributed by atoms with Crippen molar-refractivity contribution in [1.29, 1.82) is 0 Å². The Bertz CT molecular complexity index is 1140. The molecule has 1 fully saturated rings. The standard InChI is InChI=1S/C24H30Cl2FN3O4S/c1-24(18-5-8-20(25)21(26)15-18,9-10-29-11-13-30(14-12-29)35(2,33)34)23(32)28-22(16-31)17-3-6-19(27)7-4-17/h3-8,15,22,31H,9-14,16H2,1-2H3,(H,28,32). The molecule has 7 nitrogen and oxygen atoms in total. The predicted octanol–water partition coefficient (Wildman–Crippen LogP) is 3.21. The first-order chi connectivity index (χ1) is 16.4. The van der Waals surface area contributed by atoms with Gasteiger partial charge >= 0.3 is 0 Å². The van der Waals surface area contributed by atoms with Crippen LogP contribution in [-0.2, 0) is 20.2 Å². The Morgan fingerprint density at radius 3 is 2.29 bits per heavy atom. The van der Waals surface area contributed by atoms with Gasteiger partial charge in [0, 0.05) is 26.2 Å². The molecule has 35 heavy (non-hydrogen) atoms. The van der Waals surface area contributed by atoms with Gasteiger partial charge in [0.1, 0.15) is 5.82 Å². The molecule has 1 amide bonds. The van der Waals surface area contributed by atoms with E-state index in [9.17, 15) is 22.7 Å². The van der Waals surface area contributed by atoms with Crippen LogP contribution < -0.4 is 5.32 Å². The van der Waals surface area contributed by atoms with Crippen LogP contribution in [0.5, 0.6) is 0 Å². The molecule has 3 rings (SSSR count). The number of hydrogen-bond donors (Lipinski definition) is 2. The third-order valence-electron chi connectivity index (χ3n) is 6.55. The molecule has 0 radical (unpaired) electrons. The van der Waals surface area contributed by atoms with Crippen molar-refractivity contribution >= 4 is 39.1 Å². The Kier molecular flexibility index (Phi) is 9.17. The summed E-state index contributed by atoms with van der Waals surface area (Å²) >= 11 is 12.4. The highest BCUT2D eigenvalue weighted by molar-refractivity contribution is 7.88. The van der Waals surface area contributed by atoms with Crippen molar-refractivity contribution in [2.75, 3.05) is 45.6 Å². The molecule has 1 saturated heterocycles. The minimum absolute atomic E-state index is 0.321. The van der Waals surface area contributed by atoms with Gasteiger partial charge in [0.2, 0.25) is 15.9 Å². The SMILES string of the molecule is CC(CCN1CCN(S(C)(=O)=O)CC1)(C(=O)NC(CO)c1ccc(F)cc1)c1ccc(Cl)c(Cl)c1. The Hall–Kier alpha value is -1.75. The number of aliphatic hydroxyl groups excluding tert-OH is 1. The highest BCUT2D eigenvalue weighted by Gasteiger charge is 2.37. The van der Waals surface area contributed by atoms with Crippen LogP contribution in [-0.4, -0.2) is 74.2 Å². The summed E-state index contributed by atoms with van der Waals surface area (Å²) < 4.78 is 38.4. The molecule has 0 saturated carbocycles. The van der Waals surface area contributed by atoms with Gasteiger partial charge in [0.15, 0.2) is 0 Å². The van der Waals surface area contributed by atoms with Crippen LogP contribution in [0.15, 0.2) is 42.5 Å². The Balaban J connectivity index is 1.80. The van der Waals surface area contributed by atoms with Crippen molar-refractivity contribution in [3.8, 4) is 0 Å². The summed E-state index contributed by atoms with van der Waals surface area (Å²) in [5.41, 5.74) is 0.209. The van der Waals surface area contributed by atoms with Gasteiger partial charge in [-0.25, -0.2) is 12.8 Å². The predicted molar refractivity (Wildman–Crippen MR) is 136 cm³/mol. The van der Waals surface area contributed by atoms with Crippen molar-refractivity contribution in [2.24, 2.45) is 0 Å². The molecule has 0 spiro atoms. The number of nitrogens with one attached hydrogen (secondary N) is 1. The molecule has 2 N–H and O–H groups in total. The average molecular weight is 546 g/mol. The zero-order valence-corrected chi connectivity index (χ0v) is 22.0. The molecule has 0 bridgehead atoms. The van der Waals surface area contributed by atoms with E-state index in [2.05, 4.69) is 10.2 Å². The van der Waals surface area contributed by atoms with Gasteiger partial charge in [-0.1, -0.05) is 41.4 Å². The molecule has 2 unspecified atom stereocenters. The van der Waals surface area contributed by atoms with Gasteiger partial charge < -0.3 is 15.3 Å². The van der Waals surface area contributed by atoms with Gasteiger partial charge in [-0.2, -0.15) is 4.31 Å². The number of rotatable bonds is 9. The number of carbonyl (C=O) groups is 1. The number of sulfonamides is 1. The highest BCUT2D eigenvalue weighted by Crippen LogP contribution is 2.34. The summed E-state index contributed by atoms with van der Waals surface area (Å²) in [5.74, 6) is -0.734. The summed E-state index contributed by atoms with van der Waals surface area (Å²) in [6.07, 6.45) is 1.62. The Labute approximate surface area is 215 Å². The molecule has 1 aliphatic rings. The van der Waals surface area contributed by atoms with Crippen molar-refractivity contribution in [1.82, 2.24) is 14.5 Å². The molecular formula is C24H30Cl2FN3O4S. The molecule has 192 valence electrons. The summed E-state index contributed by atoms with van der Waals surface area (Å²) in [6.45, 7) is 3.89. The number of hydrogen-bond acceptors (Lipinski definition) is 5. The fraction of sp³-hybridized carbons (Fsp3) is 0.458. The lowest BCUT2D eigenvalue weighted by atomic mass is 9.78. The maximum absolute atomic E-state index is 13.6. The van der Waals surface area contributed by atoms with E-state index in [4.69, 9.17) is 23.2 Å². The van der Waals surface area contributed by atoms with Crippen LogP contribution in [0.4, 0.5) is 4.39 Å². The van der Waals surface area contributed by atoms with Crippen LogP contribution in [0.25, 0.3) is 0 Å². The van der Waals surface area contributed by atoms with E-state index in [1.165, 1.54) is 34.8 Å². The largest absolute Gasteiger partial charge is 0.394 e. The van der Waals surface area contributed by atoms with E-state index in [0.717, 1.165) is 0 Å². The average Bonchev–Trinajstić information content (AvgIpc) is 2.83.